The SMILES string of the molecule is COc1cccc2cc(C(=O)Nc3cccc(CN4CCCCC4)c3)oc12. The normalized spacial score (nSPS) is 15.0. The van der Waals surface area contributed by atoms with Gasteiger partial charge in [0.2, 0.25) is 0 Å². The molecule has 1 fully saturated rings. The molecule has 0 radical (unpaired) electrons. The zero-order valence-corrected chi connectivity index (χ0v) is 15.5. The van der Waals surface area contributed by atoms with Gasteiger partial charge in [-0.15, -0.1) is 0 Å². The van der Waals surface area contributed by atoms with Crippen LogP contribution in [0.2, 0.25) is 0 Å². The number of nitrogens with zero attached hydrogens (tertiary/aromatic N) is 1. The topological polar surface area (TPSA) is 54.7 Å². The molecule has 0 aliphatic carbocycles. The summed E-state index contributed by atoms with van der Waals surface area (Å²) < 4.78 is 11.0. The molecule has 3 aromatic rings. The number of carbonyl (C=O) groups excluding carboxylic acids is 1. The number of anilines is 1. The van der Waals surface area contributed by atoms with Gasteiger partial charge in [0.05, 0.1) is 7.11 Å². The molecule has 5 heteroatoms. The van der Waals surface area contributed by atoms with E-state index in [0.717, 1.165) is 30.7 Å². The second-order valence-corrected chi connectivity index (χ2v) is 6.98. The Morgan fingerprint density at radius 1 is 1.11 bits per heavy atom. The van der Waals surface area contributed by atoms with Gasteiger partial charge in [-0.05, 0) is 55.8 Å². The largest absolute Gasteiger partial charge is 0.493 e. The van der Waals surface area contributed by atoms with Crippen LogP contribution in [0.5, 0.6) is 5.75 Å². The summed E-state index contributed by atoms with van der Waals surface area (Å²) in [6.45, 7) is 3.22. The Morgan fingerprint density at radius 2 is 1.93 bits per heavy atom. The number of piperidine rings is 1. The summed E-state index contributed by atoms with van der Waals surface area (Å²) in [6, 6.07) is 15.4. The van der Waals surface area contributed by atoms with E-state index in [1.807, 2.05) is 36.4 Å². The van der Waals surface area contributed by atoms with Gasteiger partial charge in [0.25, 0.3) is 5.91 Å². The third kappa shape index (κ3) is 3.98. The molecule has 1 N–H and O–H groups in total. The maximum atomic E-state index is 12.6. The van der Waals surface area contributed by atoms with E-state index in [1.54, 1.807) is 13.2 Å². The molecule has 0 atom stereocenters. The summed E-state index contributed by atoms with van der Waals surface area (Å²) in [5.74, 6) is 0.634. The van der Waals surface area contributed by atoms with Crippen LogP contribution < -0.4 is 10.1 Å². The summed E-state index contributed by atoms with van der Waals surface area (Å²) >= 11 is 0. The van der Waals surface area contributed by atoms with Crippen LogP contribution in [0.25, 0.3) is 11.0 Å². The molecule has 5 nitrogen and oxygen atoms in total. The van der Waals surface area contributed by atoms with E-state index in [4.69, 9.17) is 9.15 Å². The Labute approximate surface area is 158 Å². The smallest absolute Gasteiger partial charge is 0.291 e. The fourth-order valence-corrected chi connectivity index (χ4v) is 3.62. The average molecular weight is 364 g/mol. The molecule has 2 aromatic carbocycles. The monoisotopic (exact) mass is 364 g/mol. The number of hydrogen-bond donors (Lipinski definition) is 1. The number of hydrogen-bond acceptors (Lipinski definition) is 4. The van der Waals surface area contributed by atoms with Crippen LogP contribution in [-0.4, -0.2) is 31.0 Å². The maximum absolute atomic E-state index is 12.6. The molecule has 0 bridgehead atoms. The first-order valence-electron chi connectivity index (χ1n) is 9.42. The lowest BCUT2D eigenvalue weighted by atomic mass is 10.1. The lowest BCUT2D eigenvalue weighted by molar-refractivity contribution is 0.0998. The van der Waals surface area contributed by atoms with Crippen LogP contribution in [0.15, 0.2) is 52.9 Å². The molecule has 1 saturated heterocycles. The van der Waals surface area contributed by atoms with E-state index in [9.17, 15) is 4.79 Å². The molecule has 1 aromatic heterocycles. The van der Waals surface area contributed by atoms with Gasteiger partial charge in [0.1, 0.15) is 0 Å². The number of fused-ring (bicyclic) bond motifs is 1. The highest BCUT2D eigenvalue weighted by atomic mass is 16.5. The highest BCUT2D eigenvalue weighted by Gasteiger charge is 2.16. The number of para-hydroxylation sites is 1. The van der Waals surface area contributed by atoms with E-state index in [1.165, 1.54) is 24.8 Å². The highest BCUT2D eigenvalue weighted by molar-refractivity contribution is 6.05. The zero-order chi connectivity index (χ0) is 18.6. The van der Waals surface area contributed by atoms with E-state index in [0.29, 0.717) is 11.3 Å². The number of likely N-dealkylation sites (tertiary alicyclic amines) is 1. The number of furan rings is 1. The number of amides is 1. The van der Waals surface area contributed by atoms with Crippen LogP contribution >= 0.6 is 0 Å². The Bertz CT molecular complexity index is 942. The number of nitrogens with one attached hydrogen (secondary N) is 1. The maximum Gasteiger partial charge on any atom is 0.291 e. The van der Waals surface area contributed by atoms with Gasteiger partial charge in [-0.3, -0.25) is 9.69 Å². The van der Waals surface area contributed by atoms with Crippen molar-refractivity contribution in [3.8, 4) is 5.75 Å². The van der Waals surface area contributed by atoms with Crippen molar-refractivity contribution in [1.29, 1.82) is 0 Å². The first kappa shape index (κ1) is 17.6. The Kier molecular flexibility index (Phi) is 5.12. The number of rotatable bonds is 5. The van der Waals surface area contributed by atoms with Crippen molar-refractivity contribution >= 4 is 22.6 Å². The van der Waals surface area contributed by atoms with Gasteiger partial charge < -0.3 is 14.5 Å². The van der Waals surface area contributed by atoms with Crippen LogP contribution in [0, 0.1) is 0 Å². The predicted molar refractivity (Wildman–Crippen MR) is 106 cm³/mol. The molecule has 0 unspecified atom stereocenters. The van der Waals surface area contributed by atoms with E-state index in [-0.39, 0.29) is 11.7 Å². The van der Waals surface area contributed by atoms with Crippen LogP contribution in [0.1, 0.15) is 35.4 Å². The molecule has 1 aliphatic rings. The van der Waals surface area contributed by atoms with Gasteiger partial charge in [-0.1, -0.05) is 30.7 Å². The number of benzene rings is 2. The van der Waals surface area contributed by atoms with E-state index >= 15 is 0 Å². The van der Waals surface area contributed by atoms with Gasteiger partial charge in [-0.25, -0.2) is 0 Å². The highest BCUT2D eigenvalue weighted by Crippen LogP contribution is 2.29. The molecular weight excluding hydrogens is 340 g/mol. The summed E-state index contributed by atoms with van der Waals surface area (Å²) in [5, 5.41) is 3.79. The Morgan fingerprint density at radius 3 is 2.74 bits per heavy atom. The molecule has 1 amide bonds. The molecular formula is C22H24N2O3. The molecule has 140 valence electrons. The van der Waals surface area contributed by atoms with Gasteiger partial charge >= 0.3 is 0 Å². The van der Waals surface area contributed by atoms with Crippen molar-refractivity contribution in [2.75, 3.05) is 25.5 Å². The Balaban J connectivity index is 1.48. The van der Waals surface area contributed by atoms with Crippen molar-refractivity contribution < 1.29 is 13.9 Å². The second-order valence-electron chi connectivity index (χ2n) is 6.98. The molecule has 0 saturated carbocycles. The predicted octanol–water partition coefficient (Wildman–Crippen LogP) is 4.68. The summed E-state index contributed by atoms with van der Waals surface area (Å²) in [5.41, 5.74) is 2.58. The van der Waals surface area contributed by atoms with Crippen LogP contribution in [0.3, 0.4) is 0 Å². The quantitative estimate of drug-likeness (QED) is 0.714. The number of ether oxygens (including phenoxy) is 1. The second kappa shape index (κ2) is 7.84. The van der Waals surface area contributed by atoms with Gasteiger partial charge in [-0.2, -0.15) is 0 Å². The summed E-state index contributed by atoms with van der Waals surface area (Å²) in [7, 11) is 1.59. The van der Waals surface area contributed by atoms with Crippen molar-refractivity contribution in [1.82, 2.24) is 4.90 Å². The first-order chi connectivity index (χ1) is 13.2. The van der Waals surface area contributed by atoms with Crippen molar-refractivity contribution in [3.63, 3.8) is 0 Å². The summed E-state index contributed by atoms with van der Waals surface area (Å²) in [4.78, 5) is 15.1. The average Bonchev–Trinajstić information content (AvgIpc) is 3.13. The van der Waals surface area contributed by atoms with Crippen molar-refractivity contribution in [3.05, 3.63) is 59.9 Å². The van der Waals surface area contributed by atoms with Crippen LogP contribution in [0.4, 0.5) is 5.69 Å². The van der Waals surface area contributed by atoms with Gasteiger partial charge in [0.15, 0.2) is 17.1 Å². The first-order valence-corrected chi connectivity index (χ1v) is 9.42. The fraction of sp³-hybridized carbons (Fsp3) is 0.318. The Hall–Kier alpha value is -2.79. The molecule has 0 spiro atoms. The third-order valence-electron chi connectivity index (χ3n) is 4.99. The molecule has 1 aliphatic heterocycles. The van der Waals surface area contributed by atoms with E-state index < -0.39 is 0 Å². The van der Waals surface area contributed by atoms with Crippen molar-refractivity contribution in [2.24, 2.45) is 0 Å². The molecule has 27 heavy (non-hydrogen) atoms. The number of methoxy groups -OCH3 is 1. The molecule has 4 rings (SSSR count). The summed E-state index contributed by atoms with van der Waals surface area (Å²) in [6.07, 6.45) is 3.87. The van der Waals surface area contributed by atoms with Gasteiger partial charge in [0, 0.05) is 17.6 Å². The zero-order valence-electron chi connectivity index (χ0n) is 15.5. The minimum absolute atomic E-state index is 0.261. The standard InChI is InChI=1S/C22H24N2O3/c1-26-19-10-6-8-17-14-20(27-21(17)19)22(25)23-18-9-5-7-16(13-18)15-24-11-3-2-4-12-24/h5-10,13-14H,2-4,11-12,15H2,1H3,(H,23,25). The lowest BCUT2D eigenvalue weighted by Gasteiger charge is -2.26. The minimum Gasteiger partial charge on any atom is -0.493 e. The molecule has 2 heterocycles. The van der Waals surface area contributed by atoms with Crippen LogP contribution in [-0.2, 0) is 6.54 Å². The lowest BCUT2D eigenvalue weighted by Crippen LogP contribution is -2.29. The fourth-order valence-electron chi connectivity index (χ4n) is 3.62. The minimum atomic E-state index is -0.261. The van der Waals surface area contributed by atoms with Crippen molar-refractivity contribution in [2.45, 2.75) is 25.8 Å². The van der Waals surface area contributed by atoms with E-state index in [2.05, 4.69) is 16.3 Å². The third-order valence-corrected chi connectivity index (χ3v) is 4.99. The number of carbonyl (C=O) groups is 1.